The number of carboxylic acids is 1. The average Bonchev–Trinajstić information content (AvgIpc) is 3.55. The van der Waals surface area contributed by atoms with Gasteiger partial charge in [-0.1, -0.05) is 74.8 Å². The van der Waals surface area contributed by atoms with Gasteiger partial charge in [-0.3, -0.25) is 9.20 Å². The molecule has 2 aromatic heterocycles. The molecule has 0 spiro atoms. The topological polar surface area (TPSA) is 93.5 Å². The standard InChI is InChI=1S/C30H31ClF2N4O2/c1-16(2)30(29(38)39)12-11-22(14-30)28-36-24(25-27(34)35-15-23(31)37(25)28)19-9-7-18(8-10-19)17(3)20-5-4-6-21(13-20)26(32)33/h4-10,13,15-17,22,26H,11-12,14H2,1-3H3,(H2,34,35)(H,38,39)/t17-,22-,30+/m0/s1. The molecule has 1 saturated carbocycles. The van der Waals surface area contributed by atoms with E-state index in [9.17, 15) is 18.7 Å². The highest BCUT2D eigenvalue weighted by atomic mass is 35.5. The first-order valence-corrected chi connectivity index (χ1v) is 13.5. The van der Waals surface area contributed by atoms with Crippen molar-refractivity contribution in [1.29, 1.82) is 0 Å². The number of hydrogen-bond acceptors (Lipinski definition) is 4. The van der Waals surface area contributed by atoms with Gasteiger partial charge in [0.1, 0.15) is 28.0 Å². The zero-order valence-electron chi connectivity index (χ0n) is 22.0. The first-order chi connectivity index (χ1) is 18.5. The smallest absolute Gasteiger partial charge is 0.309 e. The van der Waals surface area contributed by atoms with Crippen molar-refractivity contribution in [2.24, 2.45) is 11.3 Å². The molecular weight excluding hydrogens is 522 g/mol. The quantitative estimate of drug-likeness (QED) is 0.245. The molecule has 1 aliphatic rings. The van der Waals surface area contributed by atoms with Crippen molar-refractivity contribution in [2.75, 3.05) is 5.73 Å². The van der Waals surface area contributed by atoms with E-state index in [1.165, 1.54) is 12.3 Å². The van der Waals surface area contributed by atoms with Gasteiger partial charge in [0.15, 0.2) is 0 Å². The lowest BCUT2D eigenvalue weighted by Crippen LogP contribution is -2.33. The normalized spacial score (nSPS) is 20.3. The van der Waals surface area contributed by atoms with Crippen molar-refractivity contribution in [3.05, 3.63) is 82.4 Å². The van der Waals surface area contributed by atoms with Crippen molar-refractivity contribution in [3.8, 4) is 11.3 Å². The van der Waals surface area contributed by atoms with Gasteiger partial charge in [-0.15, -0.1) is 0 Å². The molecule has 4 aromatic rings. The van der Waals surface area contributed by atoms with Crippen LogP contribution in [0.1, 0.15) is 80.8 Å². The van der Waals surface area contributed by atoms with Crippen LogP contribution >= 0.6 is 11.6 Å². The Morgan fingerprint density at radius 3 is 2.44 bits per heavy atom. The minimum atomic E-state index is -2.52. The number of aromatic nitrogens is 3. The molecule has 9 heteroatoms. The van der Waals surface area contributed by atoms with Crippen molar-refractivity contribution in [3.63, 3.8) is 0 Å². The summed E-state index contributed by atoms with van der Waals surface area (Å²) in [7, 11) is 0. The second-order valence-electron chi connectivity index (χ2n) is 10.8. The molecule has 3 atom stereocenters. The van der Waals surface area contributed by atoms with Gasteiger partial charge in [0.25, 0.3) is 6.43 Å². The van der Waals surface area contributed by atoms with E-state index in [1.54, 1.807) is 16.5 Å². The van der Waals surface area contributed by atoms with Crippen LogP contribution in [-0.4, -0.2) is 25.4 Å². The molecule has 2 heterocycles. The summed E-state index contributed by atoms with van der Waals surface area (Å²) >= 11 is 6.61. The van der Waals surface area contributed by atoms with E-state index in [0.717, 1.165) is 16.7 Å². The van der Waals surface area contributed by atoms with Gasteiger partial charge in [0, 0.05) is 23.0 Å². The van der Waals surface area contributed by atoms with Crippen molar-refractivity contribution in [2.45, 2.75) is 58.3 Å². The number of fused-ring (bicyclic) bond motifs is 1. The fraction of sp³-hybridized carbons (Fsp3) is 0.367. The van der Waals surface area contributed by atoms with Crippen LogP contribution in [0.2, 0.25) is 5.15 Å². The molecule has 0 bridgehead atoms. The molecule has 0 aliphatic heterocycles. The lowest BCUT2D eigenvalue weighted by molar-refractivity contribution is -0.151. The molecule has 6 nitrogen and oxygen atoms in total. The third-order valence-electron chi connectivity index (χ3n) is 8.46. The summed E-state index contributed by atoms with van der Waals surface area (Å²) < 4.78 is 28.2. The number of carbonyl (C=O) groups is 1. The Labute approximate surface area is 230 Å². The molecule has 0 saturated heterocycles. The molecule has 1 fully saturated rings. The zero-order chi connectivity index (χ0) is 28.1. The van der Waals surface area contributed by atoms with E-state index in [0.29, 0.717) is 41.5 Å². The zero-order valence-corrected chi connectivity index (χ0v) is 22.8. The molecule has 3 N–H and O–H groups in total. The van der Waals surface area contributed by atoms with E-state index < -0.39 is 17.8 Å². The number of anilines is 1. The van der Waals surface area contributed by atoms with Gasteiger partial charge in [-0.2, -0.15) is 0 Å². The van der Waals surface area contributed by atoms with Crippen LogP contribution in [0, 0.1) is 11.3 Å². The van der Waals surface area contributed by atoms with Crippen LogP contribution in [0.5, 0.6) is 0 Å². The second kappa shape index (κ2) is 10.2. The number of carboxylic acid groups (broad SMARTS) is 1. The summed E-state index contributed by atoms with van der Waals surface area (Å²) in [5, 5.41) is 10.4. The van der Waals surface area contributed by atoms with Crippen LogP contribution < -0.4 is 5.73 Å². The number of rotatable bonds is 7. The number of nitrogens with two attached hydrogens (primary N) is 1. The molecule has 1 aliphatic carbocycles. The Morgan fingerprint density at radius 2 is 1.82 bits per heavy atom. The Bertz CT molecular complexity index is 1540. The average molecular weight is 553 g/mol. The van der Waals surface area contributed by atoms with Crippen LogP contribution in [-0.2, 0) is 4.79 Å². The van der Waals surface area contributed by atoms with Gasteiger partial charge in [0.2, 0.25) is 0 Å². The van der Waals surface area contributed by atoms with E-state index in [4.69, 9.17) is 22.3 Å². The van der Waals surface area contributed by atoms with Crippen molar-refractivity contribution >= 4 is 28.9 Å². The van der Waals surface area contributed by atoms with E-state index in [-0.39, 0.29) is 29.1 Å². The maximum Gasteiger partial charge on any atom is 0.309 e. The molecular formula is C30H31ClF2N4O2. The first-order valence-electron chi connectivity index (χ1n) is 13.1. The van der Waals surface area contributed by atoms with E-state index in [2.05, 4.69) is 4.98 Å². The van der Waals surface area contributed by atoms with Crippen LogP contribution in [0.4, 0.5) is 14.6 Å². The third kappa shape index (κ3) is 4.65. The summed E-state index contributed by atoms with van der Waals surface area (Å²) in [5.41, 5.74) is 9.30. The molecule has 204 valence electrons. The fourth-order valence-electron chi connectivity index (χ4n) is 5.95. The predicted octanol–water partition coefficient (Wildman–Crippen LogP) is 7.72. The molecule has 5 rings (SSSR count). The van der Waals surface area contributed by atoms with Gasteiger partial charge >= 0.3 is 5.97 Å². The highest BCUT2D eigenvalue weighted by Gasteiger charge is 2.49. The third-order valence-corrected chi connectivity index (χ3v) is 8.73. The maximum absolute atomic E-state index is 13.2. The number of benzene rings is 2. The van der Waals surface area contributed by atoms with Crippen LogP contribution in [0.25, 0.3) is 16.8 Å². The number of alkyl halides is 2. The number of hydrogen-bond donors (Lipinski definition) is 2. The SMILES string of the molecule is CC(C)[C@@]1(C(=O)O)CC[C@H](c2nc(-c3ccc([C@H](C)c4cccc(C(F)F)c4)cc3)c3c(N)ncc(Cl)n23)C1. The Hall–Kier alpha value is -3.52. The lowest BCUT2D eigenvalue weighted by atomic mass is 9.75. The van der Waals surface area contributed by atoms with Crippen LogP contribution in [0.3, 0.4) is 0 Å². The van der Waals surface area contributed by atoms with Crippen molar-refractivity contribution < 1.29 is 18.7 Å². The molecule has 0 amide bonds. The number of halogens is 3. The highest BCUT2D eigenvalue weighted by Crippen LogP contribution is 2.51. The van der Waals surface area contributed by atoms with E-state index in [1.807, 2.05) is 51.1 Å². The Morgan fingerprint density at radius 1 is 1.13 bits per heavy atom. The molecule has 39 heavy (non-hydrogen) atoms. The summed E-state index contributed by atoms with van der Waals surface area (Å²) in [6.45, 7) is 5.88. The number of aliphatic carboxylic acids is 1. The van der Waals surface area contributed by atoms with Crippen LogP contribution in [0.15, 0.2) is 54.7 Å². The second-order valence-corrected chi connectivity index (χ2v) is 11.2. The summed E-state index contributed by atoms with van der Waals surface area (Å²) in [5.74, 6) is -0.0387. The molecule has 0 radical (unpaired) electrons. The monoisotopic (exact) mass is 552 g/mol. The summed E-state index contributed by atoms with van der Waals surface area (Å²) in [6.07, 6.45) is 0.668. The van der Waals surface area contributed by atoms with Gasteiger partial charge in [0.05, 0.1) is 11.6 Å². The summed E-state index contributed by atoms with van der Waals surface area (Å²) in [6, 6.07) is 14.3. The van der Waals surface area contributed by atoms with Gasteiger partial charge in [-0.25, -0.2) is 18.7 Å². The number of nitrogens with zero attached hydrogens (tertiary/aromatic N) is 3. The largest absolute Gasteiger partial charge is 0.481 e. The van der Waals surface area contributed by atoms with Gasteiger partial charge < -0.3 is 10.8 Å². The highest BCUT2D eigenvalue weighted by molar-refractivity contribution is 6.30. The lowest BCUT2D eigenvalue weighted by Gasteiger charge is -2.28. The Balaban J connectivity index is 1.54. The van der Waals surface area contributed by atoms with E-state index >= 15 is 0 Å². The Kier molecular flexibility index (Phi) is 7.10. The summed E-state index contributed by atoms with van der Waals surface area (Å²) in [4.78, 5) is 21.5. The minimum Gasteiger partial charge on any atom is -0.481 e. The molecule has 2 aromatic carbocycles. The predicted molar refractivity (Wildman–Crippen MR) is 148 cm³/mol. The molecule has 0 unspecified atom stereocenters. The fourth-order valence-corrected chi connectivity index (χ4v) is 6.17. The maximum atomic E-state index is 13.2. The first kappa shape index (κ1) is 27.1. The number of imidazole rings is 1. The van der Waals surface area contributed by atoms with Gasteiger partial charge in [-0.05, 0) is 42.4 Å². The van der Waals surface area contributed by atoms with Crippen molar-refractivity contribution in [1.82, 2.24) is 14.4 Å². The minimum absolute atomic E-state index is 0.00382. The number of nitrogen functional groups attached to an aromatic ring is 1.